The summed E-state index contributed by atoms with van der Waals surface area (Å²) >= 11 is 0. The normalized spacial score (nSPS) is 26.8. The van der Waals surface area contributed by atoms with Crippen molar-refractivity contribution >= 4 is 11.9 Å². The third-order valence-corrected chi connectivity index (χ3v) is 1.76. The molecule has 0 amide bonds. The molecule has 1 rings (SSSR count). The first-order valence-corrected chi connectivity index (χ1v) is 3.93. The highest BCUT2D eigenvalue weighted by Gasteiger charge is 2.30. The Morgan fingerprint density at radius 1 is 1.62 bits per heavy atom. The summed E-state index contributed by atoms with van der Waals surface area (Å²) in [5.41, 5.74) is 0. The van der Waals surface area contributed by atoms with Gasteiger partial charge in [0.1, 0.15) is 6.04 Å². The average molecular weight is 185 g/mol. The van der Waals surface area contributed by atoms with Crippen molar-refractivity contribution in [2.24, 2.45) is 0 Å². The van der Waals surface area contributed by atoms with Gasteiger partial charge in [-0.2, -0.15) is 0 Å². The van der Waals surface area contributed by atoms with E-state index in [1.165, 1.54) is 0 Å². The van der Waals surface area contributed by atoms with Crippen molar-refractivity contribution in [1.29, 1.82) is 0 Å². The standard InChI is InChI=1S/C8H11NO4/c1-2-7(11)13-8(12)6-3-5(10)4-9-6/h2,5-6,9-10H,1,3-4H2/t5-,6-/m0/s1. The van der Waals surface area contributed by atoms with Crippen LogP contribution in [-0.2, 0) is 14.3 Å². The minimum absolute atomic E-state index is 0.281. The molecule has 2 atom stereocenters. The van der Waals surface area contributed by atoms with E-state index < -0.39 is 24.1 Å². The molecule has 5 heteroatoms. The number of esters is 2. The first-order chi connectivity index (χ1) is 6.13. The molecule has 1 heterocycles. The molecule has 1 aliphatic heterocycles. The second-order valence-electron chi connectivity index (χ2n) is 2.79. The number of nitrogens with one attached hydrogen (secondary N) is 1. The van der Waals surface area contributed by atoms with Gasteiger partial charge in [-0.15, -0.1) is 0 Å². The van der Waals surface area contributed by atoms with Crippen molar-refractivity contribution in [1.82, 2.24) is 5.32 Å². The Balaban J connectivity index is 2.40. The molecule has 0 aliphatic carbocycles. The van der Waals surface area contributed by atoms with Crippen LogP contribution in [0, 0.1) is 0 Å². The Morgan fingerprint density at radius 3 is 2.77 bits per heavy atom. The molecule has 1 fully saturated rings. The lowest BCUT2D eigenvalue weighted by Gasteiger charge is -2.06. The van der Waals surface area contributed by atoms with Gasteiger partial charge < -0.3 is 15.2 Å². The van der Waals surface area contributed by atoms with E-state index in [4.69, 9.17) is 5.11 Å². The number of carbonyl (C=O) groups is 2. The fraction of sp³-hybridized carbons (Fsp3) is 0.500. The van der Waals surface area contributed by atoms with Crippen molar-refractivity contribution in [2.45, 2.75) is 18.6 Å². The summed E-state index contributed by atoms with van der Waals surface area (Å²) in [6.45, 7) is 3.51. The smallest absolute Gasteiger partial charge is 0.337 e. The van der Waals surface area contributed by atoms with Crippen LogP contribution >= 0.6 is 0 Å². The number of hydrogen-bond donors (Lipinski definition) is 2. The van der Waals surface area contributed by atoms with E-state index in [1.807, 2.05) is 0 Å². The van der Waals surface area contributed by atoms with E-state index in [0.29, 0.717) is 6.54 Å². The van der Waals surface area contributed by atoms with Crippen LogP contribution in [0.25, 0.3) is 0 Å². The molecule has 13 heavy (non-hydrogen) atoms. The average Bonchev–Trinajstić information content (AvgIpc) is 2.51. The number of rotatable bonds is 2. The quantitative estimate of drug-likeness (QED) is 0.326. The Kier molecular flexibility index (Phi) is 3.16. The fourth-order valence-corrected chi connectivity index (χ4v) is 1.11. The lowest BCUT2D eigenvalue weighted by molar-refractivity contribution is -0.157. The van der Waals surface area contributed by atoms with Gasteiger partial charge in [-0.05, 0) is 0 Å². The minimum Gasteiger partial charge on any atom is -0.392 e. The maximum atomic E-state index is 11.1. The summed E-state index contributed by atoms with van der Waals surface area (Å²) in [4.78, 5) is 21.7. The summed E-state index contributed by atoms with van der Waals surface area (Å²) in [5, 5.41) is 11.8. The molecule has 0 saturated carbocycles. The van der Waals surface area contributed by atoms with Gasteiger partial charge in [0.25, 0.3) is 0 Å². The number of β-amino-alcohol motifs (C(OH)–C–C–N with tert-alkyl or cyclic N) is 1. The summed E-state index contributed by atoms with van der Waals surface area (Å²) < 4.78 is 4.36. The van der Waals surface area contributed by atoms with E-state index in [9.17, 15) is 9.59 Å². The van der Waals surface area contributed by atoms with Crippen LogP contribution in [0.4, 0.5) is 0 Å². The van der Waals surface area contributed by atoms with E-state index >= 15 is 0 Å². The first kappa shape index (κ1) is 9.88. The molecule has 2 N–H and O–H groups in total. The summed E-state index contributed by atoms with van der Waals surface area (Å²) in [6, 6.07) is -0.584. The summed E-state index contributed by atoms with van der Waals surface area (Å²) in [7, 11) is 0. The van der Waals surface area contributed by atoms with Gasteiger partial charge in [0.05, 0.1) is 6.10 Å². The van der Waals surface area contributed by atoms with E-state index in [2.05, 4.69) is 16.6 Å². The monoisotopic (exact) mass is 185 g/mol. The molecule has 0 aromatic rings. The van der Waals surface area contributed by atoms with Crippen LogP contribution < -0.4 is 5.32 Å². The van der Waals surface area contributed by atoms with Gasteiger partial charge in [0.2, 0.25) is 0 Å². The van der Waals surface area contributed by atoms with Crippen molar-refractivity contribution in [3.05, 3.63) is 12.7 Å². The van der Waals surface area contributed by atoms with Gasteiger partial charge in [-0.3, -0.25) is 0 Å². The largest absolute Gasteiger partial charge is 0.392 e. The lowest BCUT2D eigenvalue weighted by atomic mass is 10.2. The number of ether oxygens (including phenoxy) is 1. The van der Waals surface area contributed by atoms with E-state index in [1.54, 1.807) is 0 Å². The predicted molar refractivity (Wildman–Crippen MR) is 43.7 cm³/mol. The van der Waals surface area contributed by atoms with Crippen LogP contribution in [0.5, 0.6) is 0 Å². The van der Waals surface area contributed by atoms with Crippen LogP contribution in [0.3, 0.4) is 0 Å². The van der Waals surface area contributed by atoms with Crippen molar-refractivity contribution in [3.8, 4) is 0 Å². The molecule has 0 aromatic carbocycles. The van der Waals surface area contributed by atoms with Crippen molar-refractivity contribution < 1.29 is 19.4 Å². The maximum absolute atomic E-state index is 11.1. The Bertz CT molecular complexity index is 238. The van der Waals surface area contributed by atoms with E-state index in [-0.39, 0.29) is 6.42 Å². The molecule has 72 valence electrons. The molecule has 1 saturated heterocycles. The molecular formula is C8H11NO4. The highest BCUT2D eigenvalue weighted by Crippen LogP contribution is 2.07. The number of carbonyl (C=O) groups excluding carboxylic acids is 2. The summed E-state index contributed by atoms with van der Waals surface area (Å²) in [5.74, 6) is -1.44. The van der Waals surface area contributed by atoms with Gasteiger partial charge in [0.15, 0.2) is 0 Å². The molecule has 0 radical (unpaired) electrons. The Morgan fingerprint density at radius 2 is 2.31 bits per heavy atom. The highest BCUT2D eigenvalue weighted by molar-refractivity contribution is 5.93. The zero-order valence-corrected chi connectivity index (χ0v) is 7.03. The number of aliphatic hydroxyl groups is 1. The fourth-order valence-electron chi connectivity index (χ4n) is 1.11. The molecule has 0 aromatic heterocycles. The van der Waals surface area contributed by atoms with E-state index in [0.717, 1.165) is 6.08 Å². The molecular weight excluding hydrogens is 174 g/mol. The van der Waals surface area contributed by atoms with Gasteiger partial charge in [0, 0.05) is 19.0 Å². The third-order valence-electron chi connectivity index (χ3n) is 1.76. The minimum atomic E-state index is -0.770. The molecule has 1 aliphatic rings. The van der Waals surface area contributed by atoms with Crippen LogP contribution in [0.15, 0.2) is 12.7 Å². The highest BCUT2D eigenvalue weighted by atomic mass is 16.6. The number of hydrogen-bond acceptors (Lipinski definition) is 5. The summed E-state index contributed by atoms with van der Waals surface area (Å²) in [6.07, 6.45) is 0.656. The molecule has 0 spiro atoms. The van der Waals surface area contributed by atoms with Gasteiger partial charge >= 0.3 is 11.9 Å². The predicted octanol–water partition coefficient (Wildman–Crippen LogP) is -1.04. The Hall–Kier alpha value is -1.20. The SMILES string of the molecule is C=CC(=O)OC(=O)[C@@H]1C[C@H](O)CN1. The van der Waals surface area contributed by atoms with Crippen LogP contribution in [0.1, 0.15) is 6.42 Å². The molecule has 5 nitrogen and oxygen atoms in total. The van der Waals surface area contributed by atoms with Crippen LogP contribution in [-0.4, -0.2) is 35.7 Å². The molecule has 0 unspecified atom stereocenters. The third kappa shape index (κ3) is 2.64. The topological polar surface area (TPSA) is 75.6 Å². The Labute approximate surface area is 75.4 Å². The van der Waals surface area contributed by atoms with Crippen molar-refractivity contribution in [3.63, 3.8) is 0 Å². The van der Waals surface area contributed by atoms with Gasteiger partial charge in [-0.25, -0.2) is 9.59 Å². The maximum Gasteiger partial charge on any atom is 0.337 e. The second-order valence-corrected chi connectivity index (χ2v) is 2.79. The zero-order valence-electron chi connectivity index (χ0n) is 7.03. The number of aliphatic hydroxyl groups excluding tert-OH is 1. The molecule has 0 bridgehead atoms. The first-order valence-electron chi connectivity index (χ1n) is 3.93. The van der Waals surface area contributed by atoms with Gasteiger partial charge in [-0.1, -0.05) is 6.58 Å². The lowest BCUT2D eigenvalue weighted by Crippen LogP contribution is -2.33. The van der Waals surface area contributed by atoms with Crippen molar-refractivity contribution in [2.75, 3.05) is 6.54 Å². The second kappa shape index (κ2) is 4.15. The van der Waals surface area contributed by atoms with Crippen LogP contribution in [0.2, 0.25) is 0 Å². The zero-order chi connectivity index (χ0) is 9.84.